The van der Waals surface area contributed by atoms with Gasteiger partial charge >= 0.3 is 6.18 Å². The van der Waals surface area contributed by atoms with Gasteiger partial charge in [-0.05, 0) is 24.1 Å². The average molecular weight is 568 g/mol. The Morgan fingerprint density at radius 2 is 1.54 bits per heavy atom. The summed E-state index contributed by atoms with van der Waals surface area (Å²) in [7, 11) is -3.71. The number of nitrogens with one attached hydrogen (secondary N) is 1. The van der Waals surface area contributed by atoms with Gasteiger partial charge in [-0.1, -0.05) is 12.1 Å². The fourth-order valence-corrected chi connectivity index (χ4v) is 5.80. The molecule has 3 aromatic rings. The molecule has 1 amide bonds. The van der Waals surface area contributed by atoms with Gasteiger partial charge in [-0.3, -0.25) is 4.79 Å². The second-order valence-electron chi connectivity index (χ2n) is 8.85. The Balaban J connectivity index is 1.32. The summed E-state index contributed by atoms with van der Waals surface area (Å²) in [5.41, 5.74) is 0.343. The van der Waals surface area contributed by atoms with Gasteiger partial charge < -0.3 is 10.2 Å². The van der Waals surface area contributed by atoms with Crippen molar-refractivity contribution in [1.82, 2.24) is 29.6 Å². The van der Waals surface area contributed by atoms with Crippen molar-refractivity contribution in [3.05, 3.63) is 66.3 Å². The number of carbonyl (C=O) groups is 1. The maximum Gasteiger partial charge on any atom is 0.416 e. The molecule has 10 nitrogen and oxygen atoms in total. The maximum atomic E-state index is 13.0. The van der Waals surface area contributed by atoms with Gasteiger partial charge in [-0.2, -0.15) is 17.5 Å². The van der Waals surface area contributed by atoms with E-state index >= 15 is 0 Å². The van der Waals surface area contributed by atoms with Crippen LogP contribution in [0.5, 0.6) is 0 Å². The van der Waals surface area contributed by atoms with E-state index in [4.69, 9.17) is 0 Å². The quantitative estimate of drug-likeness (QED) is 0.293. The first kappa shape index (κ1) is 28.3. The minimum Gasteiger partial charge on any atom is -0.355 e. The number of rotatable bonds is 10. The lowest BCUT2D eigenvalue weighted by molar-refractivity contribution is -0.137. The van der Waals surface area contributed by atoms with Gasteiger partial charge in [0.15, 0.2) is 5.82 Å². The molecule has 0 aliphatic carbocycles. The van der Waals surface area contributed by atoms with E-state index in [0.717, 1.165) is 24.5 Å². The van der Waals surface area contributed by atoms with Crippen LogP contribution in [0.4, 0.5) is 23.5 Å². The molecule has 3 heterocycles. The van der Waals surface area contributed by atoms with Gasteiger partial charge in [0.25, 0.3) is 0 Å². The molecule has 0 bridgehead atoms. The Labute approximate surface area is 222 Å². The summed E-state index contributed by atoms with van der Waals surface area (Å²) in [6, 6.07) is 4.01. The maximum absolute atomic E-state index is 13.0. The van der Waals surface area contributed by atoms with Crippen LogP contribution < -0.4 is 10.2 Å². The molecule has 2 aromatic heterocycles. The number of sulfonamides is 1. The zero-order valence-electron chi connectivity index (χ0n) is 20.6. The molecule has 1 aliphatic rings. The minimum absolute atomic E-state index is 0.182. The molecule has 4 rings (SSSR count). The number of piperazine rings is 1. The van der Waals surface area contributed by atoms with Crippen LogP contribution in [0.1, 0.15) is 17.8 Å². The van der Waals surface area contributed by atoms with Crippen molar-refractivity contribution < 1.29 is 30.8 Å². The van der Waals surface area contributed by atoms with Crippen molar-refractivity contribution in [2.24, 2.45) is 0 Å². The molecule has 0 radical (unpaired) electrons. The van der Waals surface area contributed by atoms with E-state index in [1.807, 2.05) is 4.90 Å². The highest BCUT2D eigenvalue weighted by atomic mass is 32.2. The summed E-state index contributed by atoms with van der Waals surface area (Å²) in [6.45, 7) is 1.02. The van der Waals surface area contributed by atoms with Gasteiger partial charge in [0.2, 0.25) is 22.4 Å². The Kier molecular flexibility index (Phi) is 8.70. The van der Waals surface area contributed by atoms with Crippen LogP contribution in [0.3, 0.4) is 0 Å². The molecular weight excluding hydrogens is 542 g/mol. The number of amides is 1. The van der Waals surface area contributed by atoms with Crippen molar-refractivity contribution in [1.29, 1.82) is 0 Å². The van der Waals surface area contributed by atoms with E-state index in [9.17, 15) is 30.8 Å². The van der Waals surface area contributed by atoms with E-state index in [1.54, 1.807) is 0 Å². The lowest BCUT2D eigenvalue weighted by Gasteiger charge is -2.34. The molecule has 1 fully saturated rings. The normalized spacial score (nSPS) is 15.6. The molecule has 0 saturated carbocycles. The Morgan fingerprint density at radius 1 is 0.923 bits per heavy atom. The summed E-state index contributed by atoms with van der Waals surface area (Å²) in [5, 5.41) is 2.52. The second kappa shape index (κ2) is 12.0. The van der Waals surface area contributed by atoms with Crippen molar-refractivity contribution in [3.8, 4) is 11.1 Å². The summed E-state index contributed by atoms with van der Waals surface area (Å²) in [6.07, 6.45) is 1.59. The number of nitrogens with zero attached hydrogens (tertiary/aromatic N) is 6. The SMILES string of the molecule is O=CNC(CCc1ncc(F)cn1)CS(=O)(=O)N1CCN(c2ncc(-c3ccc(C(F)(F)F)cc3)cn2)CC1. The predicted molar refractivity (Wildman–Crippen MR) is 133 cm³/mol. The number of aryl methyl sites for hydroxylation is 1. The number of benzene rings is 1. The standard InChI is InChI=1S/C24H25F4N7O3S/c25-20-13-29-22(30-14-20)6-5-21(33-16-36)15-39(37,38)35-9-7-34(8-10-35)23-31-11-18(12-32-23)17-1-3-19(4-2-17)24(26,27)28/h1-4,11-14,16,21H,5-10,15H2,(H,33,36). The van der Waals surface area contributed by atoms with Crippen LogP contribution in [0, 0.1) is 5.82 Å². The molecule has 1 aromatic carbocycles. The molecule has 1 saturated heterocycles. The van der Waals surface area contributed by atoms with Gasteiger partial charge in [-0.15, -0.1) is 0 Å². The molecule has 1 aliphatic heterocycles. The molecule has 15 heteroatoms. The highest BCUT2D eigenvalue weighted by molar-refractivity contribution is 7.89. The number of aromatic nitrogens is 4. The highest BCUT2D eigenvalue weighted by Crippen LogP contribution is 2.31. The van der Waals surface area contributed by atoms with E-state index in [-0.39, 0.29) is 31.7 Å². The third-order valence-corrected chi connectivity index (χ3v) is 8.18. The van der Waals surface area contributed by atoms with Crippen molar-refractivity contribution in [2.45, 2.75) is 25.1 Å². The van der Waals surface area contributed by atoms with Crippen LogP contribution in [0.2, 0.25) is 0 Å². The number of halogens is 4. The Morgan fingerprint density at radius 3 is 2.10 bits per heavy atom. The zero-order valence-corrected chi connectivity index (χ0v) is 21.4. The summed E-state index contributed by atoms with van der Waals surface area (Å²) >= 11 is 0. The Bertz CT molecular complexity index is 1350. The molecule has 0 spiro atoms. The molecule has 1 atom stereocenters. The zero-order chi connectivity index (χ0) is 28.0. The van der Waals surface area contributed by atoms with Crippen LogP contribution in [0.15, 0.2) is 49.1 Å². The van der Waals surface area contributed by atoms with Crippen LogP contribution in [0.25, 0.3) is 11.1 Å². The fraction of sp³-hybridized carbons (Fsp3) is 0.375. The lowest BCUT2D eigenvalue weighted by atomic mass is 10.1. The number of anilines is 1. The van der Waals surface area contributed by atoms with Gasteiger partial charge in [-0.25, -0.2) is 32.7 Å². The topological polar surface area (TPSA) is 121 Å². The number of alkyl halides is 3. The third kappa shape index (κ3) is 7.44. The average Bonchev–Trinajstić information content (AvgIpc) is 2.92. The summed E-state index contributed by atoms with van der Waals surface area (Å²) < 4.78 is 78.7. The first-order valence-corrected chi connectivity index (χ1v) is 13.5. The highest BCUT2D eigenvalue weighted by Gasteiger charge is 2.31. The monoisotopic (exact) mass is 567 g/mol. The van der Waals surface area contributed by atoms with E-state index < -0.39 is 33.6 Å². The van der Waals surface area contributed by atoms with Gasteiger partial charge in [0, 0.05) is 56.6 Å². The van der Waals surface area contributed by atoms with E-state index in [1.165, 1.54) is 28.8 Å². The lowest BCUT2D eigenvalue weighted by Crippen LogP contribution is -2.51. The van der Waals surface area contributed by atoms with Crippen molar-refractivity contribution in [2.75, 3.05) is 36.8 Å². The summed E-state index contributed by atoms with van der Waals surface area (Å²) in [5.74, 6) is -0.180. The fourth-order valence-electron chi connectivity index (χ4n) is 4.09. The van der Waals surface area contributed by atoms with Crippen LogP contribution in [-0.2, 0) is 27.4 Å². The molecule has 39 heavy (non-hydrogen) atoms. The second-order valence-corrected chi connectivity index (χ2v) is 10.9. The number of hydrogen-bond acceptors (Lipinski definition) is 8. The molecular formula is C24H25F4N7O3S. The predicted octanol–water partition coefficient (Wildman–Crippen LogP) is 2.29. The summed E-state index contributed by atoms with van der Waals surface area (Å²) in [4.78, 5) is 29.2. The Hall–Kier alpha value is -3.72. The van der Waals surface area contributed by atoms with Crippen molar-refractivity contribution >= 4 is 22.4 Å². The third-order valence-electron chi connectivity index (χ3n) is 6.20. The van der Waals surface area contributed by atoms with Crippen LogP contribution >= 0.6 is 0 Å². The van der Waals surface area contributed by atoms with Gasteiger partial charge in [0.05, 0.1) is 23.7 Å². The molecule has 1 N–H and O–H groups in total. The van der Waals surface area contributed by atoms with Crippen LogP contribution in [-0.4, -0.2) is 77.0 Å². The number of carbonyl (C=O) groups excluding carboxylic acids is 1. The number of hydrogen-bond donors (Lipinski definition) is 1. The first-order valence-electron chi connectivity index (χ1n) is 11.9. The largest absolute Gasteiger partial charge is 0.416 e. The molecule has 208 valence electrons. The van der Waals surface area contributed by atoms with E-state index in [0.29, 0.717) is 42.4 Å². The van der Waals surface area contributed by atoms with Gasteiger partial charge in [0.1, 0.15) is 5.82 Å². The van der Waals surface area contributed by atoms with E-state index in [2.05, 4.69) is 25.3 Å². The molecule has 1 unspecified atom stereocenters. The van der Waals surface area contributed by atoms with Crippen molar-refractivity contribution in [3.63, 3.8) is 0 Å². The smallest absolute Gasteiger partial charge is 0.355 e. The minimum atomic E-state index is -4.42. The first-order chi connectivity index (χ1) is 18.5.